The van der Waals surface area contributed by atoms with Gasteiger partial charge in [0, 0.05) is 57.4 Å². The number of pyridine rings is 1. The molecule has 0 saturated carbocycles. The summed E-state index contributed by atoms with van der Waals surface area (Å²) in [7, 11) is 0. The molecular formula is C42H47F3N10O8. The number of amides is 2. The molecule has 21 heteroatoms. The van der Waals surface area contributed by atoms with Gasteiger partial charge in [-0.3, -0.25) is 14.2 Å². The van der Waals surface area contributed by atoms with Crippen LogP contribution in [-0.4, -0.2) is 141 Å². The number of imidazole rings is 1. The second-order valence-electron chi connectivity index (χ2n) is 15.0. The van der Waals surface area contributed by atoms with Crippen LogP contribution in [0.25, 0.3) is 11.2 Å². The monoisotopic (exact) mass is 876 g/mol. The highest BCUT2D eigenvalue weighted by atomic mass is 19.4. The number of ether oxygens (including phenoxy) is 2. The van der Waals surface area contributed by atoms with Gasteiger partial charge >= 0.3 is 12.1 Å². The van der Waals surface area contributed by atoms with Crippen molar-refractivity contribution in [3.8, 4) is 0 Å². The molecule has 0 aliphatic carbocycles. The molecule has 8 rings (SSSR count). The third-order valence-corrected chi connectivity index (χ3v) is 10.8. The van der Waals surface area contributed by atoms with Gasteiger partial charge in [0.05, 0.1) is 25.1 Å². The summed E-state index contributed by atoms with van der Waals surface area (Å²) in [6, 6.07) is 23.9. The lowest BCUT2D eigenvalue weighted by Gasteiger charge is -2.27. The van der Waals surface area contributed by atoms with Gasteiger partial charge in [-0.05, 0) is 36.6 Å². The fraction of sp³-hybridized carbons (Fsp3) is 0.405. The number of carbonyl (C=O) groups excluding carboxylic acids is 2. The Bertz CT molecular complexity index is 2300. The van der Waals surface area contributed by atoms with Crippen LogP contribution in [0.1, 0.15) is 47.0 Å². The molecule has 3 aliphatic rings. The highest BCUT2D eigenvalue weighted by Crippen LogP contribution is 2.35. The van der Waals surface area contributed by atoms with E-state index in [2.05, 4.69) is 55.1 Å². The molecule has 334 valence electrons. The number of morpholine rings is 1. The molecule has 18 nitrogen and oxygen atoms in total. The largest absolute Gasteiger partial charge is 0.490 e. The van der Waals surface area contributed by atoms with E-state index in [-0.39, 0.29) is 17.9 Å². The molecule has 3 saturated heterocycles. The van der Waals surface area contributed by atoms with E-state index in [0.717, 1.165) is 30.0 Å². The summed E-state index contributed by atoms with van der Waals surface area (Å²) in [5.74, 6) is -1.85. The molecule has 0 spiro atoms. The van der Waals surface area contributed by atoms with Gasteiger partial charge in [0.25, 0.3) is 11.8 Å². The Labute approximate surface area is 359 Å². The number of hydrogen-bond acceptors (Lipinski definition) is 14. The third kappa shape index (κ3) is 10.4. The lowest BCUT2D eigenvalue weighted by molar-refractivity contribution is -0.192. The van der Waals surface area contributed by atoms with Crippen molar-refractivity contribution in [3.05, 3.63) is 102 Å². The van der Waals surface area contributed by atoms with E-state index < -0.39 is 42.6 Å². The number of anilines is 3. The molecule has 6 N–H and O–H groups in total. The summed E-state index contributed by atoms with van der Waals surface area (Å²) in [6.45, 7) is 6.41. The van der Waals surface area contributed by atoms with Crippen molar-refractivity contribution in [3.63, 3.8) is 0 Å². The topological polar surface area (TPSA) is 229 Å². The minimum Gasteiger partial charge on any atom is -0.475 e. The molecule has 3 fully saturated rings. The van der Waals surface area contributed by atoms with Crippen LogP contribution in [0.3, 0.4) is 0 Å². The second-order valence-corrected chi connectivity index (χ2v) is 15.0. The zero-order chi connectivity index (χ0) is 44.7. The molecule has 5 aromatic rings. The Hall–Kier alpha value is -6.42. The van der Waals surface area contributed by atoms with Gasteiger partial charge in [-0.15, -0.1) is 0 Å². The van der Waals surface area contributed by atoms with Gasteiger partial charge in [0.15, 0.2) is 29.3 Å². The van der Waals surface area contributed by atoms with Crippen molar-refractivity contribution >= 4 is 46.5 Å². The van der Waals surface area contributed by atoms with Crippen LogP contribution >= 0.6 is 0 Å². The van der Waals surface area contributed by atoms with Crippen LogP contribution in [0.5, 0.6) is 0 Å². The summed E-state index contributed by atoms with van der Waals surface area (Å²) in [5, 5.41) is 38.4. The van der Waals surface area contributed by atoms with Crippen LogP contribution in [0.2, 0.25) is 0 Å². The summed E-state index contributed by atoms with van der Waals surface area (Å²) in [6.07, 6.45) is -6.66. The minimum atomic E-state index is -5.08. The number of benzene rings is 2. The Morgan fingerprint density at radius 2 is 1.56 bits per heavy atom. The molecule has 0 bridgehead atoms. The number of rotatable bonds is 12. The van der Waals surface area contributed by atoms with Crippen LogP contribution in [0.15, 0.2) is 85.3 Å². The van der Waals surface area contributed by atoms with Crippen molar-refractivity contribution in [2.24, 2.45) is 0 Å². The number of aliphatic carboxylic acids is 1. The molecule has 63 heavy (non-hydrogen) atoms. The average Bonchev–Trinajstić information content (AvgIpc) is 4.02. The van der Waals surface area contributed by atoms with E-state index in [1.807, 2.05) is 47.4 Å². The van der Waals surface area contributed by atoms with Crippen LogP contribution in [0, 0.1) is 0 Å². The molecule has 0 radical (unpaired) electrons. The van der Waals surface area contributed by atoms with Gasteiger partial charge in [-0.25, -0.2) is 14.8 Å². The van der Waals surface area contributed by atoms with E-state index in [0.29, 0.717) is 74.3 Å². The van der Waals surface area contributed by atoms with Crippen LogP contribution in [0.4, 0.5) is 30.8 Å². The number of nitrogens with one attached hydrogen (secondary N) is 3. The Kier molecular flexibility index (Phi) is 14.0. The van der Waals surface area contributed by atoms with E-state index in [1.165, 1.54) is 10.9 Å². The highest BCUT2D eigenvalue weighted by Gasteiger charge is 2.48. The van der Waals surface area contributed by atoms with Crippen LogP contribution < -0.4 is 25.8 Å². The van der Waals surface area contributed by atoms with Gasteiger partial charge in [0.1, 0.15) is 18.0 Å². The standard InChI is InChI=1S/C40H46N10O6.C2HF3O2/c1-2-41-38(54)34-32(51)33(52)39(56-34)50-24-44-31-35(43-22-29(25-9-5-3-6-10-25)26-11-7-4-8-12-26)46-40(47-36(31)50)49-16-15-28(23-49)45-37(53)27-13-14-30(42-21-27)48-17-19-55-20-18-48;3-2(4,5)1(6)7/h3-14,21,24,28-29,32-34,39,51-52H,2,15-20,22-23H2,1H3,(H,41,54)(H,45,53)(H,43,46,47);(H,6,7)/t28-,32+,33-,34+,39-;/m1./s1. The first kappa shape index (κ1) is 44.6. The Morgan fingerprint density at radius 3 is 2.16 bits per heavy atom. The first-order valence-corrected chi connectivity index (χ1v) is 20.3. The average molecular weight is 877 g/mol. The van der Waals surface area contributed by atoms with Gasteiger partial charge in [-0.1, -0.05) is 60.7 Å². The fourth-order valence-corrected chi connectivity index (χ4v) is 7.56. The van der Waals surface area contributed by atoms with E-state index in [9.17, 15) is 33.0 Å². The summed E-state index contributed by atoms with van der Waals surface area (Å²) >= 11 is 0. The number of fused-ring (bicyclic) bond motifs is 1. The SMILES string of the molecule is CCNC(=O)[C@H]1O[C@@H](n2cnc3c(NCC(c4ccccc4)c4ccccc4)nc(N4CC[C@@H](NC(=O)c5ccc(N6CCOCC6)nc5)C4)nc32)[C@H](O)[C@@H]1O.O=C(O)C(F)(F)F. The molecule has 0 unspecified atom stereocenters. The third-order valence-electron chi connectivity index (χ3n) is 10.8. The maximum absolute atomic E-state index is 13.3. The van der Waals surface area contributed by atoms with E-state index >= 15 is 0 Å². The summed E-state index contributed by atoms with van der Waals surface area (Å²) in [5.41, 5.74) is 3.50. The summed E-state index contributed by atoms with van der Waals surface area (Å²) in [4.78, 5) is 58.2. The number of halogens is 3. The second kappa shape index (κ2) is 19.7. The Balaban J connectivity index is 0.000000785. The number of carboxylic acid groups (broad SMARTS) is 1. The number of hydrogen-bond donors (Lipinski definition) is 6. The van der Waals surface area contributed by atoms with Crippen molar-refractivity contribution < 1.29 is 52.3 Å². The molecule has 5 atom stereocenters. The van der Waals surface area contributed by atoms with Crippen molar-refractivity contribution in [2.45, 2.75) is 56.0 Å². The first-order valence-electron chi connectivity index (χ1n) is 20.3. The number of likely N-dealkylation sites (N-methyl/N-ethyl adjacent to an activating group) is 1. The van der Waals surface area contributed by atoms with Crippen LogP contribution in [-0.2, 0) is 19.1 Å². The molecule has 2 aromatic carbocycles. The molecule has 2 amide bonds. The van der Waals surface area contributed by atoms with Gasteiger partial charge in [-0.2, -0.15) is 23.1 Å². The maximum atomic E-state index is 13.3. The lowest BCUT2D eigenvalue weighted by Crippen LogP contribution is -2.42. The van der Waals surface area contributed by atoms with Crippen molar-refractivity contribution in [2.75, 3.05) is 67.6 Å². The number of carbonyl (C=O) groups is 3. The number of carboxylic acids is 1. The lowest BCUT2D eigenvalue weighted by atomic mass is 9.91. The number of aliphatic hydroxyl groups excluding tert-OH is 2. The number of aliphatic hydroxyl groups is 2. The number of alkyl halides is 3. The predicted octanol–water partition coefficient (Wildman–Crippen LogP) is 2.70. The molecule has 3 aliphatic heterocycles. The van der Waals surface area contributed by atoms with Crippen molar-refractivity contribution in [1.82, 2.24) is 35.1 Å². The Morgan fingerprint density at radius 1 is 0.889 bits per heavy atom. The smallest absolute Gasteiger partial charge is 0.475 e. The molecule has 6 heterocycles. The maximum Gasteiger partial charge on any atom is 0.490 e. The highest BCUT2D eigenvalue weighted by molar-refractivity contribution is 5.94. The number of aromatic nitrogens is 5. The fourth-order valence-electron chi connectivity index (χ4n) is 7.56. The first-order chi connectivity index (χ1) is 30.3. The predicted molar refractivity (Wildman–Crippen MR) is 222 cm³/mol. The van der Waals surface area contributed by atoms with E-state index in [4.69, 9.17) is 29.3 Å². The zero-order valence-electron chi connectivity index (χ0n) is 34.1. The molecular weight excluding hydrogens is 830 g/mol. The van der Waals surface area contributed by atoms with Gasteiger partial charge < -0.3 is 50.5 Å². The van der Waals surface area contributed by atoms with Crippen molar-refractivity contribution in [1.29, 1.82) is 0 Å². The number of nitrogens with zero attached hydrogens (tertiary/aromatic N) is 7. The summed E-state index contributed by atoms with van der Waals surface area (Å²) < 4.78 is 44.7. The zero-order valence-corrected chi connectivity index (χ0v) is 34.1. The normalized spacial score (nSPS) is 21.2. The van der Waals surface area contributed by atoms with E-state index in [1.54, 1.807) is 19.2 Å². The quantitative estimate of drug-likeness (QED) is 0.106. The van der Waals surface area contributed by atoms with Gasteiger partial charge in [0.2, 0.25) is 5.95 Å². The minimum absolute atomic E-state index is 0.0234. The molecule has 3 aromatic heterocycles.